The molecule has 0 bridgehead atoms. The third kappa shape index (κ3) is 2.48. The number of aliphatic hydroxyl groups is 1. The molecule has 2 heterocycles. The summed E-state index contributed by atoms with van der Waals surface area (Å²) >= 11 is 0. The van der Waals surface area contributed by atoms with Crippen molar-refractivity contribution in [3.8, 4) is 11.5 Å². The number of fused-ring (bicyclic) bond motifs is 2. The molecule has 0 saturated carbocycles. The monoisotopic (exact) mass is 362 g/mol. The van der Waals surface area contributed by atoms with Crippen molar-refractivity contribution in [2.24, 2.45) is 5.73 Å². The van der Waals surface area contributed by atoms with Crippen LogP contribution in [-0.4, -0.2) is 34.4 Å². The molecule has 2 atom stereocenters. The maximum absolute atomic E-state index is 10.9. The van der Waals surface area contributed by atoms with Crippen molar-refractivity contribution in [2.75, 3.05) is 18.0 Å². The summed E-state index contributed by atoms with van der Waals surface area (Å²) in [5.41, 5.74) is 9.21. The molecule has 1 saturated heterocycles. The quantitative estimate of drug-likeness (QED) is 0.729. The van der Waals surface area contributed by atoms with E-state index in [0.29, 0.717) is 11.8 Å². The highest BCUT2D eigenvalue weighted by Crippen LogP contribution is 2.50. The second kappa shape index (κ2) is 6.18. The zero-order chi connectivity index (χ0) is 18.4. The molecule has 1 aliphatic carbocycles. The average Bonchev–Trinajstić information content (AvgIpc) is 3.30. The average molecular weight is 362 g/mol. The van der Waals surface area contributed by atoms with Crippen LogP contribution in [0.3, 0.4) is 0 Å². The summed E-state index contributed by atoms with van der Waals surface area (Å²) in [4.78, 5) is 6.68. The summed E-state index contributed by atoms with van der Waals surface area (Å²) in [6, 6.07) is 17.6. The molecular formula is C21H22N4O2. The van der Waals surface area contributed by atoms with Gasteiger partial charge in [0, 0.05) is 24.1 Å². The Morgan fingerprint density at radius 1 is 1.04 bits per heavy atom. The zero-order valence-electron chi connectivity index (χ0n) is 15.0. The Balaban J connectivity index is 1.38. The van der Waals surface area contributed by atoms with Crippen LogP contribution in [0.1, 0.15) is 30.0 Å². The molecule has 5 rings (SSSR count). The van der Waals surface area contributed by atoms with Gasteiger partial charge in [-0.2, -0.15) is 4.98 Å². The summed E-state index contributed by atoms with van der Waals surface area (Å²) in [6.07, 6.45) is 1.07. The van der Waals surface area contributed by atoms with E-state index in [1.165, 1.54) is 5.56 Å². The van der Waals surface area contributed by atoms with E-state index in [9.17, 15) is 5.11 Å². The smallest absolute Gasteiger partial charge is 0.266 e. The standard InChI is InChI=1S/C21H22N4O2/c22-17-15-8-4-5-9-16(15)21(18(17)26)10-12-25(13-11-21)20-23-19(27-24-20)14-6-2-1-3-7-14/h1-9,17-18,26H,10-13,22H2/t17-,18+/m0/s1. The summed E-state index contributed by atoms with van der Waals surface area (Å²) in [7, 11) is 0. The first-order valence-corrected chi connectivity index (χ1v) is 9.36. The first kappa shape index (κ1) is 16.5. The molecule has 6 heteroatoms. The normalized spacial score (nSPS) is 23.6. The highest BCUT2D eigenvalue weighted by Gasteiger charge is 2.51. The molecule has 3 N–H and O–H groups in total. The number of aliphatic hydroxyl groups excluding tert-OH is 1. The number of benzene rings is 2. The molecule has 1 spiro atoms. The zero-order valence-corrected chi connectivity index (χ0v) is 15.0. The lowest BCUT2D eigenvalue weighted by atomic mass is 9.72. The predicted octanol–water partition coefficient (Wildman–Crippen LogP) is 2.65. The second-order valence-electron chi connectivity index (χ2n) is 7.47. The topological polar surface area (TPSA) is 88.4 Å². The molecule has 1 aliphatic heterocycles. The molecule has 6 nitrogen and oxygen atoms in total. The first-order valence-electron chi connectivity index (χ1n) is 9.36. The fourth-order valence-corrected chi connectivity index (χ4v) is 4.63. The number of piperidine rings is 1. The van der Waals surface area contributed by atoms with Crippen molar-refractivity contribution in [3.05, 3.63) is 65.7 Å². The first-order chi connectivity index (χ1) is 13.2. The minimum Gasteiger partial charge on any atom is -0.390 e. The molecule has 2 aliphatic rings. The number of rotatable bonds is 2. The Hall–Kier alpha value is -2.70. The van der Waals surface area contributed by atoms with Gasteiger partial charge in [0.1, 0.15) is 0 Å². The predicted molar refractivity (Wildman–Crippen MR) is 102 cm³/mol. The minimum absolute atomic E-state index is 0.279. The van der Waals surface area contributed by atoms with Crippen LogP contribution in [-0.2, 0) is 5.41 Å². The van der Waals surface area contributed by atoms with E-state index < -0.39 is 6.10 Å². The van der Waals surface area contributed by atoms with Crippen LogP contribution >= 0.6 is 0 Å². The third-order valence-corrected chi connectivity index (χ3v) is 6.14. The van der Waals surface area contributed by atoms with E-state index >= 15 is 0 Å². The van der Waals surface area contributed by atoms with Gasteiger partial charge in [0.2, 0.25) is 0 Å². The van der Waals surface area contributed by atoms with Crippen molar-refractivity contribution >= 4 is 5.95 Å². The van der Waals surface area contributed by atoms with Crippen LogP contribution in [0.2, 0.25) is 0 Å². The Labute approximate surface area is 157 Å². The Morgan fingerprint density at radius 2 is 1.74 bits per heavy atom. The van der Waals surface area contributed by atoms with Crippen molar-refractivity contribution < 1.29 is 9.63 Å². The van der Waals surface area contributed by atoms with Crippen LogP contribution in [0.5, 0.6) is 0 Å². The van der Waals surface area contributed by atoms with Gasteiger partial charge in [-0.05, 0) is 41.3 Å². The van der Waals surface area contributed by atoms with E-state index in [-0.39, 0.29) is 11.5 Å². The molecule has 138 valence electrons. The molecule has 1 fully saturated rings. The minimum atomic E-state index is -0.554. The molecule has 27 heavy (non-hydrogen) atoms. The number of aromatic nitrogens is 2. The highest BCUT2D eigenvalue weighted by molar-refractivity contribution is 5.54. The van der Waals surface area contributed by atoms with Crippen LogP contribution in [0.25, 0.3) is 11.5 Å². The van der Waals surface area contributed by atoms with Gasteiger partial charge in [0.05, 0.1) is 12.1 Å². The van der Waals surface area contributed by atoms with Crippen LogP contribution in [0.15, 0.2) is 59.1 Å². The number of hydrogen-bond donors (Lipinski definition) is 2. The molecule has 0 amide bonds. The Bertz CT molecular complexity index is 948. The summed E-state index contributed by atoms with van der Waals surface area (Å²) in [6.45, 7) is 1.51. The largest absolute Gasteiger partial charge is 0.390 e. The molecule has 2 aromatic carbocycles. The van der Waals surface area contributed by atoms with Crippen LogP contribution < -0.4 is 10.6 Å². The lowest BCUT2D eigenvalue weighted by Crippen LogP contribution is -2.49. The van der Waals surface area contributed by atoms with Crippen LogP contribution in [0, 0.1) is 0 Å². The van der Waals surface area contributed by atoms with Gasteiger partial charge in [-0.1, -0.05) is 42.5 Å². The number of hydrogen-bond acceptors (Lipinski definition) is 6. The fraction of sp³-hybridized carbons (Fsp3) is 0.333. The third-order valence-electron chi connectivity index (χ3n) is 6.14. The molecule has 0 radical (unpaired) electrons. The number of nitrogens with zero attached hydrogens (tertiary/aromatic N) is 3. The van der Waals surface area contributed by atoms with E-state index in [2.05, 4.69) is 21.1 Å². The van der Waals surface area contributed by atoms with E-state index in [4.69, 9.17) is 10.3 Å². The second-order valence-corrected chi connectivity index (χ2v) is 7.47. The molecular weight excluding hydrogens is 340 g/mol. The highest BCUT2D eigenvalue weighted by atomic mass is 16.5. The number of anilines is 1. The lowest BCUT2D eigenvalue weighted by molar-refractivity contribution is 0.0581. The van der Waals surface area contributed by atoms with Gasteiger partial charge < -0.3 is 20.3 Å². The molecule has 0 unspecified atom stereocenters. The maximum Gasteiger partial charge on any atom is 0.266 e. The Kier molecular flexibility index (Phi) is 3.77. The van der Waals surface area contributed by atoms with Crippen molar-refractivity contribution in [3.63, 3.8) is 0 Å². The Morgan fingerprint density at radius 3 is 2.52 bits per heavy atom. The van der Waals surface area contributed by atoms with Crippen molar-refractivity contribution in [2.45, 2.75) is 30.4 Å². The van der Waals surface area contributed by atoms with Gasteiger partial charge in [-0.25, -0.2) is 0 Å². The summed E-state index contributed by atoms with van der Waals surface area (Å²) in [5.74, 6) is 1.13. The fourth-order valence-electron chi connectivity index (χ4n) is 4.63. The SMILES string of the molecule is N[C@H]1c2ccccc2C2(CCN(c3noc(-c4ccccc4)n3)CC2)[C@@H]1O. The van der Waals surface area contributed by atoms with Crippen molar-refractivity contribution in [1.29, 1.82) is 0 Å². The molecule has 3 aromatic rings. The van der Waals surface area contributed by atoms with Crippen LogP contribution in [0.4, 0.5) is 5.95 Å². The number of nitrogens with two attached hydrogens (primary N) is 1. The maximum atomic E-state index is 10.9. The molecule has 1 aromatic heterocycles. The summed E-state index contributed by atoms with van der Waals surface area (Å²) in [5, 5.41) is 15.1. The van der Waals surface area contributed by atoms with Crippen molar-refractivity contribution in [1.82, 2.24) is 10.1 Å². The lowest BCUT2D eigenvalue weighted by Gasteiger charge is -2.42. The van der Waals surface area contributed by atoms with Gasteiger partial charge in [0.15, 0.2) is 0 Å². The van der Waals surface area contributed by atoms with Gasteiger partial charge in [-0.3, -0.25) is 0 Å². The van der Waals surface area contributed by atoms with Gasteiger partial charge >= 0.3 is 0 Å². The van der Waals surface area contributed by atoms with Gasteiger partial charge in [0.25, 0.3) is 11.8 Å². The van der Waals surface area contributed by atoms with Gasteiger partial charge in [-0.15, -0.1) is 0 Å². The van der Waals surface area contributed by atoms with E-state index in [0.717, 1.165) is 37.1 Å². The summed E-state index contributed by atoms with van der Waals surface area (Å²) < 4.78 is 5.44. The van der Waals surface area contributed by atoms with E-state index in [1.807, 2.05) is 48.5 Å². The van der Waals surface area contributed by atoms with E-state index in [1.54, 1.807) is 0 Å².